The Bertz CT molecular complexity index is 251. The first-order valence-electron chi connectivity index (χ1n) is 4.52. The molecule has 0 radical (unpaired) electrons. The summed E-state index contributed by atoms with van der Waals surface area (Å²) in [7, 11) is 3.94. The van der Waals surface area contributed by atoms with Crippen LogP contribution in [0.4, 0.5) is 0 Å². The third kappa shape index (κ3) is 3.29. The zero-order valence-electron chi connectivity index (χ0n) is 8.81. The van der Waals surface area contributed by atoms with Crippen LogP contribution < -0.4 is 12.4 Å². The fourth-order valence-electron chi connectivity index (χ4n) is 1.21. The molecular weight excluding hydrogens is 198 g/mol. The number of rotatable bonds is 3. The highest BCUT2D eigenvalue weighted by Crippen LogP contribution is 2.18. The summed E-state index contributed by atoms with van der Waals surface area (Å²) in [4.78, 5) is 2.01. The number of nitrogens with zero attached hydrogens (tertiary/aromatic N) is 1. The number of benzene rings is 1. The lowest BCUT2D eigenvalue weighted by molar-refractivity contribution is -0.00000489. The number of aliphatic hydroxyl groups is 1. The van der Waals surface area contributed by atoms with Gasteiger partial charge in [-0.25, -0.2) is 0 Å². The molecule has 0 saturated heterocycles. The fourth-order valence-corrected chi connectivity index (χ4v) is 1.21. The molecule has 1 rings (SSSR count). The maximum atomic E-state index is 9.92. The zero-order valence-corrected chi connectivity index (χ0v) is 9.57. The molecule has 0 aliphatic rings. The maximum absolute atomic E-state index is 9.92. The minimum absolute atomic E-state index is 0. The van der Waals surface area contributed by atoms with Gasteiger partial charge in [0.1, 0.15) is 0 Å². The molecule has 0 amide bonds. The number of halogens is 1. The van der Waals surface area contributed by atoms with E-state index in [1.54, 1.807) is 0 Å². The van der Waals surface area contributed by atoms with Gasteiger partial charge in [-0.2, -0.15) is 0 Å². The minimum Gasteiger partial charge on any atom is -1.00 e. The average molecular weight is 215 g/mol. The third-order valence-corrected chi connectivity index (χ3v) is 2.41. The van der Waals surface area contributed by atoms with Crippen molar-refractivity contribution in [3.8, 4) is 0 Å². The van der Waals surface area contributed by atoms with Gasteiger partial charge in [0.2, 0.25) is 0 Å². The van der Waals surface area contributed by atoms with E-state index < -0.39 is 6.10 Å². The van der Waals surface area contributed by atoms with Crippen LogP contribution in [0.5, 0.6) is 0 Å². The van der Waals surface area contributed by atoms with Gasteiger partial charge in [0, 0.05) is 6.04 Å². The van der Waals surface area contributed by atoms with Gasteiger partial charge >= 0.3 is 0 Å². The largest absolute Gasteiger partial charge is 1.00 e. The topological polar surface area (TPSA) is 23.5 Å². The Morgan fingerprint density at radius 1 is 1.14 bits per heavy atom. The van der Waals surface area contributed by atoms with E-state index in [0.717, 1.165) is 5.56 Å². The number of aliphatic hydroxyl groups excluding tert-OH is 1. The van der Waals surface area contributed by atoms with Gasteiger partial charge in [0.25, 0.3) is 0 Å². The van der Waals surface area contributed by atoms with Crippen LogP contribution in [0, 0.1) is 0 Å². The predicted octanol–water partition coefficient (Wildman–Crippen LogP) is -1.33. The Labute approximate surface area is 92.0 Å². The molecule has 0 saturated carbocycles. The molecule has 2 nitrogen and oxygen atoms in total. The zero-order chi connectivity index (χ0) is 9.84. The summed E-state index contributed by atoms with van der Waals surface area (Å²) in [6, 6.07) is 9.88. The minimum atomic E-state index is -0.406. The van der Waals surface area contributed by atoms with Gasteiger partial charge in [0.15, 0.2) is 0 Å². The summed E-state index contributed by atoms with van der Waals surface area (Å²) in [5.41, 5.74) is 0.976. The molecule has 0 unspecified atom stereocenters. The highest BCUT2D eigenvalue weighted by Gasteiger charge is 2.17. The second-order valence-corrected chi connectivity index (χ2v) is 3.56. The van der Waals surface area contributed by atoms with Crippen molar-refractivity contribution in [2.45, 2.75) is 19.1 Å². The molecule has 0 aliphatic carbocycles. The lowest BCUT2D eigenvalue weighted by Crippen LogP contribution is -3.00. The van der Waals surface area contributed by atoms with Crippen LogP contribution in [0.25, 0.3) is 0 Å². The van der Waals surface area contributed by atoms with Gasteiger partial charge in [-0.1, -0.05) is 30.3 Å². The van der Waals surface area contributed by atoms with E-state index in [-0.39, 0.29) is 18.4 Å². The molecule has 0 heterocycles. The van der Waals surface area contributed by atoms with Crippen molar-refractivity contribution < 1.29 is 17.5 Å². The smallest absolute Gasteiger partial charge is 0.0942 e. The van der Waals surface area contributed by atoms with Crippen molar-refractivity contribution in [3.63, 3.8) is 0 Å². The van der Waals surface area contributed by atoms with Crippen LogP contribution in [-0.4, -0.2) is 30.1 Å². The molecule has 1 aromatic carbocycles. The van der Waals surface area contributed by atoms with Crippen LogP contribution in [0.15, 0.2) is 30.3 Å². The van der Waals surface area contributed by atoms with Gasteiger partial charge in [-0.15, -0.1) is 0 Å². The number of likely N-dealkylation sites (N-methyl/N-ethyl adjacent to an activating group) is 1. The molecule has 0 fully saturated rings. The first-order chi connectivity index (χ1) is 6.13. The lowest BCUT2D eigenvalue weighted by Gasteiger charge is -2.25. The number of hydrogen-bond acceptors (Lipinski definition) is 2. The first-order valence-corrected chi connectivity index (χ1v) is 4.52. The van der Waals surface area contributed by atoms with E-state index in [4.69, 9.17) is 0 Å². The van der Waals surface area contributed by atoms with Crippen LogP contribution in [0.1, 0.15) is 18.6 Å². The molecule has 0 bridgehead atoms. The monoisotopic (exact) mass is 214 g/mol. The molecular formula is C11H17ClNO-. The van der Waals surface area contributed by atoms with E-state index in [2.05, 4.69) is 0 Å². The molecule has 80 valence electrons. The molecule has 0 aromatic heterocycles. The molecule has 1 N–H and O–H groups in total. The van der Waals surface area contributed by atoms with E-state index in [1.165, 1.54) is 0 Å². The third-order valence-electron chi connectivity index (χ3n) is 2.41. The number of hydrogen-bond donors (Lipinski definition) is 1. The quantitative estimate of drug-likeness (QED) is 0.675. The summed E-state index contributed by atoms with van der Waals surface area (Å²) in [5.74, 6) is 0. The molecule has 14 heavy (non-hydrogen) atoms. The Morgan fingerprint density at radius 3 is 2.07 bits per heavy atom. The molecule has 0 aliphatic heterocycles. The van der Waals surface area contributed by atoms with Crippen molar-refractivity contribution in [1.82, 2.24) is 4.90 Å². The van der Waals surface area contributed by atoms with Crippen LogP contribution in [0.2, 0.25) is 0 Å². The Balaban J connectivity index is 0.00000169. The van der Waals surface area contributed by atoms with Crippen molar-refractivity contribution in [2.24, 2.45) is 0 Å². The van der Waals surface area contributed by atoms with Crippen molar-refractivity contribution >= 4 is 0 Å². The van der Waals surface area contributed by atoms with Crippen molar-refractivity contribution in [1.29, 1.82) is 0 Å². The molecule has 0 spiro atoms. The summed E-state index contributed by atoms with van der Waals surface area (Å²) < 4.78 is 0. The van der Waals surface area contributed by atoms with Crippen molar-refractivity contribution in [2.75, 3.05) is 14.1 Å². The summed E-state index contributed by atoms with van der Waals surface area (Å²) in [6.45, 7) is 2.01. The first kappa shape index (κ1) is 13.4. The van der Waals surface area contributed by atoms with E-state index in [0.29, 0.717) is 0 Å². The van der Waals surface area contributed by atoms with E-state index >= 15 is 0 Å². The lowest BCUT2D eigenvalue weighted by atomic mass is 10.0. The average Bonchev–Trinajstić information content (AvgIpc) is 2.17. The van der Waals surface area contributed by atoms with Crippen LogP contribution in [0.3, 0.4) is 0 Å². The van der Waals surface area contributed by atoms with E-state index in [9.17, 15) is 5.11 Å². The second kappa shape index (κ2) is 6.02. The highest BCUT2D eigenvalue weighted by atomic mass is 35.5. The Morgan fingerprint density at radius 2 is 1.64 bits per heavy atom. The Hall–Kier alpha value is -0.570. The summed E-state index contributed by atoms with van der Waals surface area (Å²) in [5, 5.41) is 9.92. The Kier molecular flexibility index (Phi) is 5.77. The molecule has 1 aromatic rings. The predicted molar refractivity (Wildman–Crippen MR) is 54.6 cm³/mol. The highest BCUT2D eigenvalue weighted by molar-refractivity contribution is 5.18. The second-order valence-electron chi connectivity index (χ2n) is 3.56. The fraction of sp³-hybridized carbons (Fsp3) is 0.455. The SMILES string of the molecule is C[C@@H]([C@H](O)c1ccccc1)N(C)C.[Cl-]. The molecule has 2 atom stereocenters. The van der Waals surface area contributed by atoms with E-state index in [1.807, 2.05) is 56.3 Å². The van der Waals surface area contributed by atoms with Gasteiger partial charge in [0.05, 0.1) is 6.10 Å². The van der Waals surface area contributed by atoms with Crippen LogP contribution >= 0.6 is 0 Å². The summed E-state index contributed by atoms with van der Waals surface area (Å²) >= 11 is 0. The van der Waals surface area contributed by atoms with Crippen molar-refractivity contribution in [3.05, 3.63) is 35.9 Å². The summed E-state index contributed by atoms with van der Waals surface area (Å²) in [6.07, 6.45) is -0.406. The van der Waals surface area contributed by atoms with Gasteiger partial charge in [-0.3, -0.25) is 0 Å². The van der Waals surface area contributed by atoms with Crippen LogP contribution in [-0.2, 0) is 0 Å². The normalized spacial score (nSPS) is 14.6. The van der Waals surface area contributed by atoms with Gasteiger partial charge in [-0.05, 0) is 26.6 Å². The van der Waals surface area contributed by atoms with Gasteiger partial charge < -0.3 is 22.4 Å². The molecule has 3 heteroatoms. The standard InChI is InChI=1S/C11H17NO.ClH/c1-9(12(2)3)11(13)10-7-5-4-6-8-10;/h4-9,11,13H,1-3H3;1H/p-1/t9-,11-;/m0./s1. The maximum Gasteiger partial charge on any atom is 0.0942 e.